The Morgan fingerprint density at radius 1 is 1.47 bits per heavy atom. The quantitative estimate of drug-likeness (QED) is 0.831. The van der Waals surface area contributed by atoms with E-state index in [4.69, 9.17) is 28.9 Å². The first-order chi connectivity index (χ1) is 7.99. The molecule has 0 spiro atoms. The van der Waals surface area contributed by atoms with Crippen LogP contribution in [-0.4, -0.2) is 11.9 Å². The van der Waals surface area contributed by atoms with Gasteiger partial charge in [-0.1, -0.05) is 23.2 Å². The first-order valence-corrected chi connectivity index (χ1v) is 6.30. The highest BCUT2D eigenvalue weighted by Crippen LogP contribution is 2.33. The fourth-order valence-electron chi connectivity index (χ4n) is 1.75. The van der Waals surface area contributed by atoms with Crippen LogP contribution in [-0.2, 0) is 0 Å². The van der Waals surface area contributed by atoms with Gasteiger partial charge in [-0.15, -0.1) is 0 Å². The summed E-state index contributed by atoms with van der Waals surface area (Å²) in [6, 6.07) is 3.27. The van der Waals surface area contributed by atoms with Crippen molar-refractivity contribution >= 4 is 34.8 Å². The Morgan fingerprint density at radius 2 is 2.12 bits per heavy atom. The molecule has 1 aromatic carbocycles. The van der Waals surface area contributed by atoms with Crippen molar-refractivity contribution in [3.8, 4) is 0 Å². The molecular weight excluding hydrogens is 259 g/mol. The molecule has 5 heteroatoms. The van der Waals surface area contributed by atoms with Crippen LogP contribution in [0.4, 0.5) is 5.69 Å². The Morgan fingerprint density at radius 3 is 2.65 bits per heavy atom. The first kappa shape index (κ1) is 12.5. The molecule has 0 aliphatic heterocycles. The van der Waals surface area contributed by atoms with Gasteiger partial charge < -0.3 is 11.1 Å². The molecule has 1 amide bonds. The van der Waals surface area contributed by atoms with E-state index in [0.717, 1.165) is 0 Å². The molecule has 0 bridgehead atoms. The third-order valence-corrected chi connectivity index (χ3v) is 3.82. The van der Waals surface area contributed by atoms with E-state index >= 15 is 0 Å². The number of nitrogens with one attached hydrogen (secondary N) is 1. The fraction of sp³-hybridized carbons (Fsp3) is 0.417. The third-order valence-electron chi connectivity index (χ3n) is 3.01. The molecule has 0 heterocycles. The molecule has 1 fully saturated rings. The smallest absolute Gasteiger partial charge is 0.251 e. The van der Waals surface area contributed by atoms with E-state index in [0.29, 0.717) is 27.2 Å². The van der Waals surface area contributed by atoms with Crippen LogP contribution in [0.2, 0.25) is 10.0 Å². The van der Waals surface area contributed by atoms with Crippen LogP contribution in [0, 0.1) is 5.92 Å². The van der Waals surface area contributed by atoms with Gasteiger partial charge in [-0.25, -0.2) is 0 Å². The zero-order valence-corrected chi connectivity index (χ0v) is 11.0. The Labute approximate surface area is 110 Å². The van der Waals surface area contributed by atoms with Gasteiger partial charge >= 0.3 is 0 Å². The largest absolute Gasteiger partial charge is 0.397 e. The number of nitrogens with two attached hydrogens (primary N) is 1. The van der Waals surface area contributed by atoms with E-state index in [2.05, 4.69) is 5.32 Å². The lowest BCUT2D eigenvalue weighted by Gasteiger charge is -2.13. The summed E-state index contributed by atoms with van der Waals surface area (Å²) in [5.74, 6) is 0.453. The Hall–Kier alpha value is -0.930. The van der Waals surface area contributed by atoms with Crippen molar-refractivity contribution in [1.29, 1.82) is 0 Å². The average Bonchev–Trinajstić information content (AvgIpc) is 3.08. The molecule has 1 saturated carbocycles. The van der Waals surface area contributed by atoms with Crippen LogP contribution in [0.25, 0.3) is 0 Å². The van der Waals surface area contributed by atoms with Crippen LogP contribution < -0.4 is 11.1 Å². The maximum Gasteiger partial charge on any atom is 0.251 e. The fourth-order valence-corrected chi connectivity index (χ4v) is 2.08. The number of rotatable bonds is 3. The zero-order chi connectivity index (χ0) is 12.6. The summed E-state index contributed by atoms with van der Waals surface area (Å²) in [5, 5.41) is 3.53. The predicted molar refractivity (Wildman–Crippen MR) is 70.5 cm³/mol. The Balaban J connectivity index is 2.13. The molecule has 3 N–H and O–H groups in total. The van der Waals surface area contributed by atoms with Crippen LogP contribution >= 0.6 is 23.2 Å². The van der Waals surface area contributed by atoms with Crippen molar-refractivity contribution < 1.29 is 4.79 Å². The van der Waals surface area contributed by atoms with Crippen LogP contribution in [0.15, 0.2) is 12.1 Å². The number of anilines is 1. The van der Waals surface area contributed by atoms with Crippen LogP contribution in [0.3, 0.4) is 0 Å². The van der Waals surface area contributed by atoms with E-state index in [1.165, 1.54) is 18.9 Å². The van der Waals surface area contributed by atoms with Crippen LogP contribution in [0.5, 0.6) is 0 Å². The van der Waals surface area contributed by atoms with E-state index in [9.17, 15) is 4.79 Å². The molecule has 0 saturated heterocycles. The van der Waals surface area contributed by atoms with E-state index in [1.54, 1.807) is 6.07 Å². The zero-order valence-electron chi connectivity index (χ0n) is 9.47. The van der Waals surface area contributed by atoms with Gasteiger partial charge in [0.25, 0.3) is 5.91 Å². The number of benzene rings is 1. The minimum Gasteiger partial charge on any atom is -0.397 e. The van der Waals surface area contributed by atoms with Crippen molar-refractivity contribution in [3.63, 3.8) is 0 Å². The van der Waals surface area contributed by atoms with E-state index < -0.39 is 0 Å². The lowest BCUT2D eigenvalue weighted by molar-refractivity contribution is 0.0936. The number of halogens is 2. The average molecular weight is 273 g/mol. The highest BCUT2D eigenvalue weighted by atomic mass is 35.5. The molecule has 1 aliphatic rings. The van der Waals surface area contributed by atoms with Crippen LogP contribution in [0.1, 0.15) is 30.1 Å². The van der Waals surface area contributed by atoms with E-state index in [1.807, 2.05) is 6.92 Å². The summed E-state index contributed by atoms with van der Waals surface area (Å²) in [5.41, 5.74) is 6.44. The highest BCUT2D eigenvalue weighted by molar-refractivity contribution is 6.43. The molecule has 1 atom stereocenters. The SMILES string of the molecule is CC(NC(=O)c1cc(N)c(Cl)c(Cl)c1)C1CC1. The minimum atomic E-state index is -0.158. The number of nitrogen functional groups attached to an aromatic ring is 1. The molecule has 17 heavy (non-hydrogen) atoms. The molecular formula is C12H14Cl2N2O. The van der Waals surface area contributed by atoms with Gasteiger partial charge in [0.2, 0.25) is 0 Å². The molecule has 1 unspecified atom stereocenters. The topological polar surface area (TPSA) is 55.1 Å². The van der Waals surface area contributed by atoms with Crippen molar-refractivity contribution in [2.75, 3.05) is 5.73 Å². The summed E-state index contributed by atoms with van der Waals surface area (Å²) < 4.78 is 0. The lowest BCUT2D eigenvalue weighted by Crippen LogP contribution is -2.34. The normalized spacial score (nSPS) is 16.6. The monoisotopic (exact) mass is 272 g/mol. The highest BCUT2D eigenvalue weighted by Gasteiger charge is 2.29. The van der Waals surface area contributed by atoms with Gasteiger partial charge in [-0.05, 0) is 37.8 Å². The standard InChI is InChI=1S/C12H14Cl2N2O/c1-6(7-2-3-7)16-12(17)8-4-9(13)11(14)10(15)5-8/h4-7H,2-3,15H2,1H3,(H,16,17). The molecule has 3 nitrogen and oxygen atoms in total. The predicted octanol–water partition coefficient (Wildman–Crippen LogP) is 3.10. The number of hydrogen-bond donors (Lipinski definition) is 2. The number of hydrogen-bond acceptors (Lipinski definition) is 2. The number of amides is 1. The lowest BCUT2D eigenvalue weighted by atomic mass is 10.1. The van der Waals surface area contributed by atoms with Crippen molar-refractivity contribution in [2.24, 2.45) is 5.92 Å². The van der Waals surface area contributed by atoms with Gasteiger partial charge in [0.05, 0.1) is 15.7 Å². The Kier molecular flexibility index (Phi) is 3.50. The van der Waals surface area contributed by atoms with Crippen molar-refractivity contribution in [3.05, 3.63) is 27.7 Å². The second-order valence-corrected chi connectivity index (χ2v) is 5.25. The minimum absolute atomic E-state index is 0.158. The summed E-state index contributed by atoms with van der Waals surface area (Å²) in [7, 11) is 0. The van der Waals surface area contributed by atoms with Gasteiger partial charge in [-0.3, -0.25) is 4.79 Å². The number of carbonyl (C=O) groups excluding carboxylic acids is 1. The second-order valence-electron chi connectivity index (χ2n) is 4.46. The van der Waals surface area contributed by atoms with Gasteiger partial charge in [0.1, 0.15) is 0 Å². The summed E-state index contributed by atoms with van der Waals surface area (Å²) >= 11 is 11.7. The maximum absolute atomic E-state index is 11.9. The molecule has 92 valence electrons. The number of carbonyl (C=O) groups is 1. The second kappa shape index (κ2) is 4.75. The summed E-state index contributed by atoms with van der Waals surface area (Å²) in [6.07, 6.45) is 2.37. The molecule has 2 rings (SSSR count). The van der Waals surface area contributed by atoms with Crippen molar-refractivity contribution in [2.45, 2.75) is 25.8 Å². The molecule has 1 aromatic rings. The summed E-state index contributed by atoms with van der Waals surface area (Å²) in [4.78, 5) is 11.9. The maximum atomic E-state index is 11.9. The first-order valence-electron chi connectivity index (χ1n) is 5.54. The van der Waals surface area contributed by atoms with Gasteiger partial charge in [0.15, 0.2) is 0 Å². The van der Waals surface area contributed by atoms with Gasteiger partial charge in [0, 0.05) is 11.6 Å². The summed E-state index contributed by atoms with van der Waals surface area (Å²) in [6.45, 7) is 2.01. The van der Waals surface area contributed by atoms with Crippen molar-refractivity contribution in [1.82, 2.24) is 5.32 Å². The van der Waals surface area contributed by atoms with E-state index in [-0.39, 0.29) is 11.9 Å². The molecule has 1 aliphatic carbocycles. The third kappa shape index (κ3) is 2.85. The molecule has 0 radical (unpaired) electrons. The molecule has 0 aromatic heterocycles. The Bertz CT molecular complexity index is 435. The van der Waals surface area contributed by atoms with Gasteiger partial charge in [-0.2, -0.15) is 0 Å².